The SMILES string of the molecule is C/C=C(/SC(=N)c1cccnc1)C(=O)O. The van der Waals surface area contributed by atoms with E-state index >= 15 is 0 Å². The van der Waals surface area contributed by atoms with Crippen LogP contribution in [-0.2, 0) is 4.79 Å². The van der Waals surface area contributed by atoms with E-state index in [4.69, 9.17) is 10.5 Å². The van der Waals surface area contributed by atoms with Gasteiger partial charge in [0.05, 0.1) is 4.91 Å². The molecule has 2 N–H and O–H groups in total. The summed E-state index contributed by atoms with van der Waals surface area (Å²) in [4.78, 5) is 14.7. The van der Waals surface area contributed by atoms with Crippen LogP contribution in [0.15, 0.2) is 35.5 Å². The molecule has 0 fully saturated rings. The fraction of sp³-hybridized carbons (Fsp3) is 0.100. The average molecular weight is 222 g/mol. The smallest absolute Gasteiger partial charge is 0.342 e. The van der Waals surface area contributed by atoms with Crippen LogP contribution in [0.4, 0.5) is 0 Å². The standard InChI is InChI=1S/C10H10N2O2S/c1-2-8(10(13)14)15-9(11)7-4-3-5-12-6-7/h2-6,11H,1H3,(H,13,14)/b8-2+,11-9?. The molecule has 15 heavy (non-hydrogen) atoms. The van der Waals surface area contributed by atoms with E-state index in [2.05, 4.69) is 4.98 Å². The molecular weight excluding hydrogens is 212 g/mol. The van der Waals surface area contributed by atoms with Gasteiger partial charge in [0.2, 0.25) is 0 Å². The maximum atomic E-state index is 10.7. The van der Waals surface area contributed by atoms with Gasteiger partial charge in [-0.2, -0.15) is 0 Å². The van der Waals surface area contributed by atoms with Crippen molar-refractivity contribution >= 4 is 22.8 Å². The van der Waals surface area contributed by atoms with E-state index in [1.165, 1.54) is 12.3 Å². The number of rotatable bonds is 3. The summed E-state index contributed by atoms with van der Waals surface area (Å²) in [5, 5.41) is 16.6. The minimum Gasteiger partial charge on any atom is -0.477 e. The summed E-state index contributed by atoms with van der Waals surface area (Å²) in [6, 6.07) is 3.43. The molecule has 0 saturated carbocycles. The number of carboxylic acid groups (broad SMARTS) is 1. The lowest BCUT2D eigenvalue weighted by Gasteiger charge is -2.02. The van der Waals surface area contributed by atoms with Gasteiger partial charge in [0, 0.05) is 18.0 Å². The summed E-state index contributed by atoms with van der Waals surface area (Å²) < 4.78 is 0. The van der Waals surface area contributed by atoms with Gasteiger partial charge in [-0.1, -0.05) is 17.8 Å². The van der Waals surface area contributed by atoms with Crippen LogP contribution >= 0.6 is 11.8 Å². The zero-order valence-electron chi connectivity index (χ0n) is 8.10. The number of nitrogens with one attached hydrogen (secondary N) is 1. The number of nitrogens with zero attached hydrogens (tertiary/aromatic N) is 1. The van der Waals surface area contributed by atoms with Crippen molar-refractivity contribution in [1.82, 2.24) is 4.98 Å². The number of aliphatic carboxylic acids is 1. The Morgan fingerprint density at radius 1 is 1.67 bits per heavy atom. The molecule has 1 heterocycles. The number of carbonyl (C=O) groups is 1. The van der Waals surface area contributed by atoms with Gasteiger partial charge in [0.25, 0.3) is 0 Å². The molecule has 78 valence electrons. The highest BCUT2D eigenvalue weighted by atomic mass is 32.2. The van der Waals surface area contributed by atoms with Crippen molar-refractivity contribution in [2.75, 3.05) is 0 Å². The normalized spacial score (nSPS) is 11.1. The summed E-state index contributed by atoms with van der Waals surface area (Å²) in [7, 11) is 0. The van der Waals surface area contributed by atoms with Gasteiger partial charge in [0.1, 0.15) is 5.04 Å². The molecule has 0 bridgehead atoms. The van der Waals surface area contributed by atoms with Crippen molar-refractivity contribution in [3.05, 3.63) is 41.1 Å². The molecule has 0 saturated heterocycles. The van der Waals surface area contributed by atoms with Crippen LogP contribution in [0.5, 0.6) is 0 Å². The summed E-state index contributed by atoms with van der Waals surface area (Å²) >= 11 is 0.911. The second-order valence-electron chi connectivity index (χ2n) is 2.63. The molecule has 0 aliphatic heterocycles. The number of hydrogen-bond acceptors (Lipinski definition) is 4. The first-order valence-corrected chi connectivity index (χ1v) is 5.03. The highest BCUT2D eigenvalue weighted by molar-refractivity contribution is 8.18. The largest absolute Gasteiger partial charge is 0.477 e. The topological polar surface area (TPSA) is 74.0 Å². The Bertz CT molecular complexity index is 401. The lowest BCUT2D eigenvalue weighted by Crippen LogP contribution is -2.01. The molecule has 5 heteroatoms. The van der Waals surface area contributed by atoms with Gasteiger partial charge >= 0.3 is 5.97 Å². The van der Waals surface area contributed by atoms with Gasteiger partial charge in [-0.05, 0) is 19.1 Å². The fourth-order valence-electron chi connectivity index (χ4n) is 0.892. The molecule has 0 spiro atoms. The first-order chi connectivity index (χ1) is 7.15. The Balaban J connectivity index is 2.77. The predicted molar refractivity (Wildman–Crippen MR) is 60.0 cm³/mol. The van der Waals surface area contributed by atoms with Crippen LogP contribution in [0.1, 0.15) is 12.5 Å². The van der Waals surface area contributed by atoms with Crippen LogP contribution < -0.4 is 0 Å². The van der Waals surface area contributed by atoms with Crippen molar-refractivity contribution < 1.29 is 9.90 Å². The molecule has 0 aliphatic rings. The van der Waals surface area contributed by atoms with Crippen LogP contribution in [0, 0.1) is 5.41 Å². The van der Waals surface area contributed by atoms with Crippen molar-refractivity contribution in [3.63, 3.8) is 0 Å². The summed E-state index contributed by atoms with van der Waals surface area (Å²) in [6.07, 6.45) is 4.61. The van der Waals surface area contributed by atoms with E-state index in [1.54, 1.807) is 25.3 Å². The molecule has 0 atom stereocenters. The van der Waals surface area contributed by atoms with E-state index in [9.17, 15) is 4.79 Å². The minimum absolute atomic E-state index is 0.142. The Morgan fingerprint density at radius 3 is 2.87 bits per heavy atom. The molecule has 0 radical (unpaired) electrons. The minimum atomic E-state index is -1.02. The van der Waals surface area contributed by atoms with Crippen molar-refractivity contribution in [1.29, 1.82) is 5.41 Å². The third-order valence-electron chi connectivity index (χ3n) is 1.61. The summed E-state index contributed by atoms with van der Waals surface area (Å²) in [5.74, 6) is -1.02. The molecule has 4 nitrogen and oxygen atoms in total. The number of thioether (sulfide) groups is 1. The van der Waals surface area contributed by atoms with Crippen LogP contribution in [0.25, 0.3) is 0 Å². The molecular formula is C10H10N2O2S. The quantitative estimate of drug-likeness (QED) is 0.466. The van der Waals surface area contributed by atoms with Crippen LogP contribution in [0.3, 0.4) is 0 Å². The lowest BCUT2D eigenvalue weighted by molar-refractivity contribution is -0.131. The van der Waals surface area contributed by atoms with Crippen molar-refractivity contribution in [2.45, 2.75) is 6.92 Å². The summed E-state index contributed by atoms with van der Waals surface area (Å²) in [5.41, 5.74) is 0.614. The van der Waals surface area contributed by atoms with Crippen LogP contribution in [-0.4, -0.2) is 21.1 Å². The van der Waals surface area contributed by atoms with Gasteiger partial charge in [0.15, 0.2) is 0 Å². The van der Waals surface area contributed by atoms with E-state index in [-0.39, 0.29) is 9.95 Å². The van der Waals surface area contributed by atoms with Gasteiger partial charge < -0.3 is 5.11 Å². The maximum Gasteiger partial charge on any atom is 0.342 e. The molecule has 0 amide bonds. The predicted octanol–water partition coefficient (Wildman–Crippen LogP) is 2.13. The molecule has 0 unspecified atom stereocenters. The number of aromatic nitrogens is 1. The first-order valence-electron chi connectivity index (χ1n) is 4.21. The Kier molecular flexibility index (Phi) is 4.05. The fourth-order valence-corrected chi connectivity index (χ4v) is 1.56. The number of pyridine rings is 1. The Labute approximate surface area is 91.6 Å². The highest BCUT2D eigenvalue weighted by Crippen LogP contribution is 2.20. The number of carboxylic acids is 1. The molecule has 0 aromatic carbocycles. The van der Waals surface area contributed by atoms with Gasteiger partial charge in [-0.3, -0.25) is 10.4 Å². The molecule has 0 aliphatic carbocycles. The number of allylic oxidation sites excluding steroid dienone is 1. The molecule has 1 aromatic heterocycles. The Morgan fingerprint density at radius 2 is 2.40 bits per heavy atom. The monoisotopic (exact) mass is 222 g/mol. The van der Waals surface area contributed by atoms with Gasteiger partial charge in [-0.25, -0.2) is 4.79 Å². The third-order valence-corrected chi connectivity index (χ3v) is 2.68. The van der Waals surface area contributed by atoms with Crippen LogP contribution in [0.2, 0.25) is 0 Å². The Hall–Kier alpha value is -1.62. The first kappa shape index (κ1) is 11.5. The molecule has 1 aromatic rings. The maximum absolute atomic E-state index is 10.7. The van der Waals surface area contributed by atoms with Crippen molar-refractivity contribution in [2.24, 2.45) is 0 Å². The average Bonchev–Trinajstić information content (AvgIpc) is 2.26. The third kappa shape index (κ3) is 3.21. The zero-order valence-corrected chi connectivity index (χ0v) is 8.91. The zero-order chi connectivity index (χ0) is 11.3. The number of hydrogen-bond donors (Lipinski definition) is 2. The highest BCUT2D eigenvalue weighted by Gasteiger charge is 2.11. The van der Waals surface area contributed by atoms with E-state index < -0.39 is 5.97 Å². The lowest BCUT2D eigenvalue weighted by atomic mass is 10.3. The van der Waals surface area contributed by atoms with E-state index in [0.717, 1.165) is 11.8 Å². The molecule has 1 rings (SSSR count). The second-order valence-corrected chi connectivity index (χ2v) is 3.68. The van der Waals surface area contributed by atoms with E-state index in [0.29, 0.717) is 5.56 Å². The summed E-state index contributed by atoms with van der Waals surface area (Å²) in [6.45, 7) is 1.63. The van der Waals surface area contributed by atoms with Gasteiger partial charge in [-0.15, -0.1) is 0 Å². The van der Waals surface area contributed by atoms with E-state index in [1.807, 2.05) is 0 Å². The second kappa shape index (κ2) is 5.31. The van der Waals surface area contributed by atoms with Crippen molar-refractivity contribution in [3.8, 4) is 0 Å².